The number of hydrogen-bond acceptors (Lipinski definition) is 4. The molecule has 192 valence electrons. The number of alkyl halides is 6. The first-order valence-corrected chi connectivity index (χ1v) is 10.6. The summed E-state index contributed by atoms with van der Waals surface area (Å²) in [7, 11) is 0. The highest BCUT2D eigenvalue weighted by Crippen LogP contribution is 2.38. The van der Waals surface area contributed by atoms with E-state index in [0.717, 1.165) is 28.8 Å². The van der Waals surface area contributed by atoms with Crippen molar-refractivity contribution >= 4 is 29.1 Å². The zero-order valence-corrected chi connectivity index (χ0v) is 19.0. The number of carbonyl (C=O) groups is 2. The molecule has 0 atom stereocenters. The molecule has 2 heterocycles. The van der Waals surface area contributed by atoms with Crippen LogP contribution in [0.2, 0.25) is 5.02 Å². The number of amides is 2. The molecule has 0 aliphatic heterocycles. The Morgan fingerprint density at radius 1 is 0.973 bits per heavy atom. The van der Waals surface area contributed by atoms with Gasteiger partial charge in [0.1, 0.15) is 12.1 Å². The maximum Gasteiger partial charge on any atom is 0.416 e. The fourth-order valence-corrected chi connectivity index (χ4v) is 3.84. The lowest BCUT2D eigenvalue weighted by atomic mass is 9.99. The Morgan fingerprint density at radius 2 is 1.62 bits per heavy atom. The molecular formula is C23H14ClF6N5O2. The summed E-state index contributed by atoms with van der Waals surface area (Å²) in [6.45, 7) is -1.70. The van der Waals surface area contributed by atoms with Crippen LogP contribution in [-0.2, 0) is 6.18 Å². The monoisotopic (exact) mass is 541 g/mol. The van der Waals surface area contributed by atoms with E-state index in [4.69, 9.17) is 17.3 Å². The van der Waals surface area contributed by atoms with Gasteiger partial charge in [0.15, 0.2) is 11.3 Å². The van der Waals surface area contributed by atoms with E-state index in [1.54, 1.807) is 29.6 Å². The molecule has 0 aliphatic rings. The van der Waals surface area contributed by atoms with E-state index >= 15 is 0 Å². The summed E-state index contributed by atoms with van der Waals surface area (Å²) in [5.74, 6) is -2.56. The van der Waals surface area contributed by atoms with Crippen molar-refractivity contribution in [2.75, 3.05) is 6.54 Å². The molecule has 3 N–H and O–H groups in total. The Balaban J connectivity index is 2.01. The van der Waals surface area contributed by atoms with Gasteiger partial charge in [0.25, 0.3) is 11.8 Å². The summed E-state index contributed by atoms with van der Waals surface area (Å²) in [6, 6.07) is 10.3. The second kappa shape index (κ2) is 9.39. The van der Waals surface area contributed by atoms with Crippen LogP contribution in [0.15, 0.2) is 54.7 Å². The van der Waals surface area contributed by atoms with Crippen molar-refractivity contribution in [3.05, 3.63) is 76.6 Å². The normalized spacial score (nSPS) is 12.1. The fourth-order valence-electron chi connectivity index (χ4n) is 3.61. The van der Waals surface area contributed by atoms with Crippen LogP contribution in [-0.4, -0.2) is 39.1 Å². The largest absolute Gasteiger partial charge is 0.416 e. The third-order valence-corrected chi connectivity index (χ3v) is 5.53. The quantitative estimate of drug-likeness (QED) is 0.342. The van der Waals surface area contributed by atoms with Crippen LogP contribution >= 0.6 is 11.6 Å². The number of rotatable bonds is 5. The number of carbonyl (C=O) groups excluding carboxylic acids is 2. The lowest BCUT2D eigenvalue weighted by Gasteiger charge is -2.14. The molecule has 2 amide bonds. The van der Waals surface area contributed by atoms with Crippen molar-refractivity contribution in [1.29, 1.82) is 0 Å². The third-order valence-electron chi connectivity index (χ3n) is 5.20. The van der Waals surface area contributed by atoms with Gasteiger partial charge in [-0.1, -0.05) is 41.9 Å². The Morgan fingerprint density at radius 3 is 2.19 bits per heavy atom. The van der Waals surface area contributed by atoms with E-state index in [0.29, 0.717) is 5.56 Å². The highest BCUT2D eigenvalue weighted by Gasteiger charge is 2.33. The SMILES string of the molecule is NC(=O)c1nn2c(-c3ccc(C(F)(F)F)cc3)c(-c3ccccc3Cl)cnc2c1C(=O)NCC(F)(F)F. The first-order valence-electron chi connectivity index (χ1n) is 10.3. The molecule has 0 radical (unpaired) electrons. The minimum atomic E-state index is -4.75. The van der Waals surface area contributed by atoms with Gasteiger partial charge in [0.2, 0.25) is 0 Å². The number of nitrogens with zero attached hydrogens (tertiary/aromatic N) is 3. The molecule has 4 rings (SSSR count). The summed E-state index contributed by atoms with van der Waals surface area (Å²) in [5.41, 5.74) is 3.58. The molecule has 37 heavy (non-hydrogen) atoms. The van der Waals surface area contributed by atoms with E-state index < -0.39 is 47.5 Å². The van der Waals surface area contributed by atoms with E-state index in [2.05, 4.69) is 10.1 Å². The van der Waals surface area contributed by atoms with Gasteiger partial charge in [-0.3, -0.25) is 9.59 Å². The maximum absolute atomic E-state index is 13.1. The van der Waals surface area contributed by atoms with Crippen LogP contribution in [0.25, 0.3) is 28.0 Å². The van der Waals surface area contributed by atoms with Gasteiger partial charge in [-0.05, 0) is 18.2 Å². The Hall–Kier alpha value is -4.13. The van der Waals surface area contributed by atoms with E-state index in [-0.39, 0.29) is 27.5 Å². The number of halogens is 7. The van der Waals surface area contributed by atoms with Crippen LogP contribution < -0.4 is 11.1 Å². The maximum atomic E-state index is 13.1. The number of benzene rings is 2. The van der Waals surface area contributed by atoms with Gasteiger partial charge in [0, 0.05) is 27.9 Å². The standard InChI is InChI=1S/C23H14ClF6N5O2/c24-15-4-2-1-3-13(15)14-9-32-20-16(21(37)33-10-22(25,26)27)17(19(31)36)34-35(20)18(14)11-5-7-12(8-6-11)23(28,29)30/h1-9H,10H2,(H2,31,36)(H,33,37). The average Bonchev–Trinajstić information content (AvgIpc) is 3.21. The number of hydrogen-bond donors (Lipinski definition) is 2. The van der Waals surface area contributed by atoms with Crippen LogP contribution in [0, 0.1) is 0 Å². The summed E-state index contributed by atoms with van der Waals surface area (Å²) < 4.78 is 78.4. The first-order chi connectivity index (χ1) is 17.3. The predicted octanol–water partition coefficient (Wildman–Crippen LogP) is 5.13. The molecule has 2 aromatic heterocycles. The van der Waals surface area contributed by atoms with Gasteiger partial charge in [0.05, 0.1) is 11.3 Å². The Labute approximate surface area is 208 Å². The number of primary amides is 1. The van der Waals surface area contributed by atoms with Crippen molar-refractivity contribution in [1.82, 2.24) is 19.9 Å². The van der Waals surface area contributed by atoms with Gasteiger partial charge in [-0.15, -0.1) is 0 Å². The van der Waals surface area contributed by atoms with Crippen molar-refractivity contribution in [3.63, 3.8) is 0 Å². The minimum absolute atomic E-state index is 0.0594. The van der Waals surface area contributed by atoms with Crippen molar-refractivity contribution in [2.45, 2.75) is 12.4 Å². The van der Waals surface area contributed by atoms with Gasteiger partial charge >= 0.3 is 12.4 Å². The lowest BCUT2D eigenvalue weighted by molar-refractivity contribution is -0.137. The predicted molar refractivity (Wildman–Crippen MR) is 121 cm³/mol. The summed E-state index contributed by atoms with van der Waals surface area (Å²) >= 11 is 6.32. The van der Waals surface area contributed by atoms with Crippen LogP contribution in [0.5, 0.6) is 0 Å². The Bertz CT molecular complexity index is 1510. The molecule has 14 heteroatoms. The Kier molecular flexibility index (Phi) is 6.59. The average molecular weight is 542 g/mol. The molecule has 0 saturated carbocycles. The number of nitrogens with two attached hydrogens (primary N) is 1. The van der Waals surface area contributed by atoms with Gasteiger partial charge in [-0.25, -0.2) is 9.50 Å². The second-order valence-corrected chi connectivity index (χ2v) is 8.10. The minimum Gasteiger partial charge on any atom is -0.364 e. The van der Waals surface area contributed by atoms with E-state index in [1.165, 1.54) is 6.20 Å². The molecule has 2 aromatic carbocycles. The molecule has 0 spiro atoms. The number of fused-ring (bicyclic) bond motifs is 1. The molecular weight excluding hydrogens is 528 g/mol. The first kappa shape index (κ1) is 25.9. The summed E-state index contributed by atoms with van der Waals surface area (Å²) in [5, 5.41) is 5.89. The highest BCUT2D eigenvalue weighted by atomic mass is 35.5. The molecule has 0 unspecified atom stereocenters. The van der Waals surface area contributed by atoms with Gasteiger partial charge < -0.3 is 11.1 Å². The van der Waals surface area contributed by atoms with Crippen LogP contribution in [0.1, 0.15) is 26.4 Å². The molecule has 7 nitrogen and oxygen atoms in total. The number of aromatic nitrogens is 3. The highest BCUT2D eigenvalue weighted by molar-refractivity contribution is 6.33. The third kappa shape index (κ3) is 5.21. The summed E-state index contributed by atoms with van der Waals surface area (Å²) in [4.78, 5) is 28.8. The molecule has 0 fully saturated rings. The second-order valence-electron chi connectivity index (χ2n) is 7.70. The van der Waals surface area contributed by atoms with Gasteiger partial charge in [-0.2, -0.15) is 31.4 Å². The lowest BCUT2D eigenvalue weighted by Crippen LogP contribution is -2.34. The summed E-state index contributed by atoms with van der Waals surface area (Å²) in [6.07, 6.45) is -8.15. The van der Waals surface area contributed by atoms with Crippen molar-refractivity contribution in [2.24, 2.45) is 5.73 Å². The zero-order valence-electron chi connectivity index (χ0n) is 18.3. The molecule has 4 aromatic rings. The smallest absolute Gasteiger partial charge is 0.364 e. The number of nitrogens with one attached hydrogen (secondary N) is 1. The topological polar surface area (TPSA) is 102 Å². The molecule has 0 bridgehead atoms. The fraction of sp³-hybridized carbons (Fsp3) is 0.130. The van der Waals surface area contributed by atoms with E-state index in [9.17, 15) is 35.9 Å². The van der Waals surface area contributed by atoms with Crippen LogP contribution in [0.3, 0.4) is 0 Å². The zero-order chi connectivity index (χ0) is 27.1. The van der Waals surface area contributed by atoms with Crippen molar-refractivity contribution in [3.8, 4) is 22.4 Å². The molecule has 0 saturated heterocycles. The molecule has 0 aliphatic carbocycles. The van der Waals surface area contributed by atoms with E-state index in [1.807, 2.05) is 0 Å². The van der Waals surface area contributed by atoms with Crippen LogP contribution in [0.4, 0.5) is 26.3 Å². The van der Waals surface area contributed by atoms with Crippen molar-refractivity contribution < 1.29 is 35.9 Å².